The van der Waals surface area contributed by atoms with Crippen LogP contribution in [-0.2, 0) is 0 Å². The van der Waals surface area contributed by atoms with Crippen molar-refractivity contribution in [2.24, 2.45) is 0 Å². The molecule has 0 saturated carbocycles. The van der Waals surface area contributed by atoms with Crippen molar-refractivity contribution in [2.45, 2.75) is 0 Å². The number of hydrogen-bond donors (Lipinski definition) is 0. The average Bonchev–Trinajstić information content (AvgIpc) is 3.87. The molecule has 12 aromatic rings. The quantitative estimate of drug-likeness (QED) is 0.168. The largest absolute Gasteiger partial charge is 0.309 e. The van der Waals surface area contributed by atoms with Crippen LogP contribution in [-0.4, -0.2) is 29.5 Å². The summed E-state index contributed by atoms with van der Waals surface area (Å²) in [6.07, 6.45) is 3.63. The smallest absolute Gasteiger partial charge is 0.160 e. The van der Waals surface area contributed by atoms with E-state index in [1.54, 1.807) is 17.7 Å². The first-order valence-electron chi connectivity index (χ1n) is 19.9. The van der Waals surface area contributed by atoms with Gasteiger partial charge in [-0.3, -0.25) is 0 Å². The number of nitrogens with zero attached hydrogens (tertiary/aromatic N) is 6. The lowest BCUT2D eigenvalue weighted by molar-refractivity contribution is 1.16. The zero-order valence-electron chi connectivity index (χ0n) is 32.1. The highest BCUT2D eigenvalue weighted by Gasteiger charge is 2.17. The van der Waals surface area contributed by atoms with Crippen molar-refractivity contribution in [3.05, 3.63) is 195 Å². The second-order valence-electron chi connectivity index (χ2n) is 15.0. The SMILES string of the molecule is c1ccc(-c2nc(-c3ccc(-c4ncnc5c4sc4ncc(-c6ccc7ccccc7c6)cc45)cc3)cc(-c3cccc(-n4c5ccccc5c5ccccc54)c3)n2)cc1. The van der Waals surface area contributed by atoms with Crippen LogP contribution < -0.4 is 0 Å². The molecular weight excluding hydrogens is 753 g/mol. The van der Waals surface area contributed by atoms with Gasteiger partial charge in [-0.15, -0.1) is 11.3 Å². The number of thiophene rings is 1. The highest BCUT2D eigenvalue weighted by molar-refractivity contribution is 7.25. The molecule has 0 spiro atoms. The second kappa shape index (κ2) is 13.9. The van der Waals surface area contributed by atoms with Crippen LogP contribution in [0.5, 0.6) is 0 Å². The van der Waals surface area contributed by atoms with Gasteiger partial charge >= 0.3 is 0 Å². The molecule has 280 valence electrons. The van der Waals surface area contributed by atoms with Crippen molar-refractivity contribution < 1.29 is 0 Å². The number of aromatic nitrogens is 6. The first kappa shape index (κ1) is 34.2. The van der Waals surface area contributed by atoms with Gasteiger partial charge < -0.3 is 4.57 Å². The Morgan fingerprint density at radius 2 is 1.08 bits per heavy atom. The summed E-state index contributed by atoms with van der Waals surface area (Å²) >= 11 is 1.63. The first-order valence-corrected chi connectivity index (χ1v) is 20.7. The van der Waals surface area contributed by atoms with Gasteiger partial charge in [0.2, 0.25) is 0 Å². The van der Waals surface area contributed by atoms with Crippen LogP contribution in [0.2, 0.25) is 0 Å². The molecule has 12 rings (SSSR count). The highest BCUT2D eigenvalue weighted by Crippen LogP contribution is 2.40. The molecule has 0 aliphatic heterocycles. The van der Waals surface area contributed by atoms with E-state index in [4.69, 9.17) is 24.9 Å². The van der Waals surface area contributed by atoms with Crippen molar-refractivity contribution >= 4 is 64.3 Å². The molecule has 5 aromatic heterocycles. The third kappa shape index (κ3) is 5.74. The Bertz CT molecular complexity index is 3560. The fraction of sp³-hybridized carbons (Fsp3) is 0. The van der Waals surface area contributed by atoms with E-state index in [9.17, 15) is 0 Å². The van der Waals surface area contributed by atoms with E-state index < -0.39 is 0 Å². The van der Waals surface area contributed by atoms with Crippen molar-refractivity contribution in [3.8, 4) is 62.0 Å². The third-order valence-corrected chi connectivity index (χ3v) is 12.5. The van der Waals surface area contributed by atoms with E-state index in [1.165, 1.54) is 32.6 Å². The topological polar surface area (TPSA) is 69.4 Å². The van der Waals surface area contributed by atoms with Crippen LogP contribution in [0.25, 0.3) is 115 Å². The van der Waals surface area contributed by atoms with Crippen molar-refractivity contribution in [2.75, 3.05) is 0 Å². The number of para-hydroxylation sites is 2. The van der Waals surface area contributed by atoms with Crippen LogP contribution >= 0.6 is 11.3 Å². The predicted molar refractivity (Wildman–Crippen MR) is 247 cm³/mol. The number of pyridine rings is 1. The molecule has 0 aliphatic carbocycles. The molecule has 0 saturated heterocycles. The van der Waals surface area contributed by atoms with Crippen LogP contribution in [0.1, 0.15) is 0 Å². The Labute approximate surface area is 348 Å². The van der Waals surface area contributed by atoms with Crippen LogP contribution in [0.3, 0.4) is 0 Å². The number of benzene rings is 7. The van der Waals surface area contributed by atoms with Gasteiger partial charge in [0, 0.05) is 55.9 Å². The lowest BCUT2D eigenvalue weighted by atomic mass is 10.0. The maximum absolute atomic E-state index is 5.16. The van der Waals surface area contributed by atoms with Gasteiger partial charge in [0.15, 0.2) is 5.82 Å². The van der Waals surface area contributed by atoms with E-state index in [0.717, 1.165) is 76.6 Å². The van der Waals surface area contributed by atoms with Crippen molar-refractivity contribution in [1.29, 1.82) is 0 Å². The highest BCUT2D eigenvalue weighted by atomic mass is 32.1. The van der Waals surface area contributed by atoms with Gasteiger partial charge in [0.05, 0.1) is 38.3 Å². The maximum Gasteiger partial charge on any atom is 0.160 e. The summed E-state index contributed by atoms with van der Waals surface area (Å²) in [7, 11) is 0. The van der Waals surface area contributed by atoms with Gasteiger partial charge in [-0.1, -0.05) is 140 Å². The van der Waals surface area contributed by atoms with E-state index in [1.807, 2.05) is 24.4 Å². The summed E-state index contributed by atoms with van der Waals surface area (Å²) in [6.45, 7) is 0. The average molecular weight is 785 g/mol. The van der Waals surface area contributed by atoms with Gasteiger partial charge in [-0.25, -0.2) is 24.9 Å². The monoisotopic (exact) mass is 784 g/mol. The molecular formula is C53H32N6S. The fourth-order valence-electron chi connectivity index (χ4n) is 8.46. The molecule has 0 radical (unpaired) electrons. The first-order chi connectivity index (χ1) is 29.7. The zero-order valence-corrected chi connectivity index (χ0v) is 32.9. The Morgan fingerprint density at radius 3 is 1.88 bits per heavy atom. The van der Waals surface area contributed by atoms with Gasteiger partial charge in [-0.05, 0) is 58.8 Å². The summed E-state index contributed by atoms with van der Waals surface area (Å²) < 4.78 is 3.36. The zero-order chi connectivity index (χ0) is 39.6. The molecule has 0 aliphatic rings. The predicted octanol–water partition coefficient (Wildman–Crippen LogP) is 13.6. The Morgan fingerprint density at radius 1 is 0.417 bits per heavy atom. The van der Waals surface area contributed by atoms with Crippen LogP contribution in [0.15, 0.2) is 195 Å². The molecule has 6 nitrogen and oxygen atoms in total. The summed E-state index contributed by atoms with van der Waals surface area (Å²) in [5, 5.41) is 5.92. The number of rotatable bonds is 6. The number of hydrogen-bond acceptors (Lipinski definition) is 6. The summed E-state index contributed by atoms with van der Waals surface area (Å²) in [5.41, 5.74) is 13.1. The summed E-state index contributed by atoms with van der Waals surface area (Å²) in [4.78, 5) is 25.7. The molecule has 0 N–H and O–H groups in total. The maximum atomic E-state index is 5.16. The molecule has 7 aromatic carbocycles. The van der Waals surface area contributed by atoms with Crippen LogP contribution in [0.4, 0.5) is 0 Å². The molecule has 0 unspecified atom stereocenters. The summed E-state index contributed by atoms with van der Waals surface area (Å²) in [5.74, 6) is 0.674. The van der Waals surface area contributed by atoms with Crippen molar-refractivity contribution in [1.82, 2.24) is 29.5 Å². The van der Waals surface area contributed by atoms with Crippen LogP contribution in [0, 0.1) is 0 Å². The molecule has 0 fully saturated rings. The van der Waals surface area contributed by atoms with Gasteiger partial charge in [0.25, 0.3) is 0 Å². The number of fused-ring (bicyclic) bond motifs is 7. The fourth-order valence-corrected chi connectivity index (χ4v) is 9.55. The Kier molecular flexibility index (Phi) is 7.92. The minimum absolute atomic E-state index is 0.674. The molecule has 0 bridgehead atoms. The van der Waals surface area contributed by atoms with E-state index >= 15 is 0 Å². The summed E-state index contributed by atoms with van der Waals surface area (Å²) in [6, 6.07) is 63.8. The molecule has 60 heavy (non-hydrogen) atoms. The van der Waals surface area contributed by atoms with E-state index in [-0.39, 0.29) is 0 Å². The lowest BCUT2D eigenvalue weighted by Gasteiger charge is -2.12. The lowest BCUT2D eigenvalue weighted by Crippen LogP contribution is -1.98. The molecule has 0 amide bonds. The molecule has 0 atom stereocenters. The third-order valence-electron chi connectivity index (χ3n) is 11.4. The minimum Gasteiger partial charge on any atom is -0.309 e. The van der Waals surface area contributed by atoms with E-state index in [2.05, 4.69) is 168 Å². The van der Waals surface area contributed by atoms with E-state index in [0.29, 0.717) is 5.82 Å². The second-order valence-corrected chi connectivity index (χ2v) is 16.0. The standard InChI is InChI=1S/C53H32N6S/c1-2-12-36(13-3-1)52-57-45(30-46(58-52)39-15-10-16-41(28-39)59-47-19-8-6-17-42(47)43-18-7-9-20-48(43)59)34-22-24-35(25-23-34)49-51-50(56-32-55-49)44-29-40(31-54-53(44)60-51)38-26-21-33-11-4-5-14-37(33)27-38/h1-32H. The molecule has 5 heterocycles. The normalized spacial score (nSPS) is 11.7. The Hall–Kier alpha value is -7.87. The molecule has 7 heteroatoms. The Balaban J connectivity index is 0.931. The van der Waals surface area contributed by atoms with Crippen molar-refractivity contribution in [3.63, 3.8) is 0 Å². The minimum atomic E-state index is 0.674. The van der Waals surface area contributed by atoms with Gasteiger partial charge in [-0.2, -0.15) is 0 Å². The van der Waals surface area contributed by atoms with Gasteiger partial charge in [0.1, 0.15) is 11.2 Å².